The minimum atomic E-state index is -0.239. The van der Waals surface area contributed by atoms with Crippen LogP contribution in [0, 0.1) is 0 Å². The number of hydrazine groups is 1. The zero-order valence-corrected chi connectivity index (χ0v) is 11.3. The maximum Gasteiger partial charge on any atom is 0.265 e. The molecule has 0 aromatic heterocycles. The van der Waals surface area contributed by atoms with Gasteiger partial charge in [0.25, 0.3) is 5.91 Å². The minimum absolute atomic E-state index is 0.239. The predicted octanol–water partition coefficient (Wildman–Crippen LogP) is 0.901. The van der Waals surface area contributed by atoms with Crippen molar-refractivity contribution in [3.8, 4) is 0 Å². The number of carbonyl (C=O) groups excluding carboxylic acids is 1. The van der Waals surface area contributed by atoms with Crippen LogP contribution in [0.3, 0.4) is 0 Å². The Hall–Kier alpha value is -1.43. The molecule has 1 aromatic rings. The van der Waals surface area contributed by atoms with E-state index >= 15 is 0 Å². The van der Waals surface area contributed by atoms with Crippen LogP contribution >= 0.6 is 0 Å². The van der Waals surface area contributed by atoms with Crippen LogP contribution in [0.1, 0.15) is 29.3 Å². The summed E-state index contributed by atoms with van der Waals surface area (Å²) in [5, 5.41) is 0. The van der Waals surface area contributed by atoms with Crippen molar-refractivity contribution in [2.24, 2.45) is 5.84 Å². The van der Waals surface area contributed by atoms with Crippen LogP contribution in [-0.2, 0) is 11.3 Å². The molecule has 5 heteroatoms. The van der Waals surface area contributed by atoms with E-state index in [9.17, 15) is 4.79 Å². The molecular weight excluding hydrogens is 242 g/mol. The summed E-state index contributed by atoms with van der Waals surface area (Å²) in [5.74, 6) is 4.99. The molecule has 19 heavy (non-hydrogen) atoms. The third kappa shape index (κ3) is 3.32. The number of morpholine rings is 1. The van der Waals surface area contributed by atoms with Crippen LogP contribution in [0.25, 0.3) is 0 Å². The average Bonchev–Trinajstić information content (AvgIpc) is 2.47. The van der Waals surface area contributed by atoms with E-state index in [4.69, 9.17) is 10.6 Å². The summed E-state index contributed by atoms with van der Waals surface area (Å²) in [7, 11) is 0. The number of nitrogens with two attached hydrogens (primary N) is 1. The van der Waals surface area contributed by atoms with Gasteiger partial charge in [-0.1, -0.05) is 25.1 Å². The molecule has 1 fully saturated rings. The molecule has 0 radical (unpaired) electrons. The first-order chi connectivity index (χ1) is 9.26. The number of rotatable bonds is 4. The van der Waals surface area contributed by atoms with Crippen LogP contribution in [0.15, 0.2) is 24.3 Å². The lowest BCUT2D eigenvalue weighted by atomic mass is 10.0. The van der Waals surface area contributed by atoms with Crippen molar-refractivity contribution in [1.29, 1.82) is 0 Å². The molecule has 0 saturated carbocycles. The van der Waals surface area contributed by atoms with E-state index in [0.29, 0.717) is 11.6 Å². The minimum Gasteiger partial charge on any atom is -0.378 e. The molecule has 5 nitrogen and oxygen atoms in total. The molecule has 2 rings (SSSR count). The Morgan fingerprint density at radius 2 is 2.32 bits per heavy atom. The molecule has 1 atom stereocenters. The third-order valence-corrected chi connectivity index (χ3v) is 3.59. The fraction of sp³-hybridized carbons (Fsp3) is 0.500. The van der Waals surface area contributed by atoms with Crippen LogP contribution in [0.4, 0.5) is 0 Å². The Labute approximate surface area is 113 Å². The Kier molecular flexibility index (Phi) is 4.90. The number of nitrogens with zero attached hydrogens (tertiary/aromatic N) is 1. The largest absolute Gasteiger partial charge is 0.378 e. The zero-order chi connectivity index (χ0) is 13.7. The van der Waals surface area contributed by atoms with Crippen molar-refractivity contribution in [3.63, 3.8) is 0 Å². The highest BCUT2D eigenvalue weighted by Crippen LogP contribution is 2.17. The van der Waals surface area contributed by atoms with Gasteiger partial charge in [-0.15, -0.1) is 0 Å². The Bertz CT molecular complexity index is 436. The van der Waals surface area contributed by atoms with Crippen molar-refractivity contribution < 1.29 is 9.53 Å². The van der Waals surface area contributed by atoms with Gasteiger partial charge in [-0.2, -0.15) is 0 Å². The number of benzene rings is 1. The van der Waals surface area contributed by atoms with Crippen molar-refractivity contribution in [3.05, 3.63) is 35.4 Å². The second-order valence-corrected chi connectivity index (χ2v) is 4.74. The lowest BCUT2D eigenvalue weighted by Gasteiger charge is -2.35. The van der Waals surface area contributed by atoms with Gasteiger partial charge in [0.1, 0.15) is 0 Å². The first-order valence-corrected chi connectivity index (χ1v) is 6.67. The first-order valence-electron chi connectivity index (χ1n) is 6.67. The lowest BCUT2D eigenvalue weighted by Crippen LogP contribution is -2.44. The Morgan fingerprint density at radius 1 is 1.53 bits per heavy atom. The number of nitrogen functional groups attached to an aromatic ring is 1. The highest BCUT2D eigenvalue weighted by molar-refractivity contribution is 5.95. The smallest absolute Gasteiger partial charge is 0.265 e. The van der Waals surface area contributed by atoms with Crippen LogP contribution in [-0.4, -0.2) is 36.6 Å². The molecule has 1 aliphatic rings. The number of ether oxygens (including phenoxy) is 1. The summed E-state index contributed by atoms with van der Waals surface area (Å²) in [6, 6.07) is 8.00. The first kappa shape index (κ1) is 14.0. The van der Waals surface area contributed by atoms with E-state index in [-0.39, 0.29) is 5.91 Å². The average molecular weight is 263 g/mol. The molecular formula is C14H21N3O2. The maximum atomic E-state index is 11.7. The molecule has 1 unspecified atom stereocenters. The standard InChI is InChI=1S/C14H21N3O2/c1-2-12-10-19-8-7-17(12)9-11-5-3-4-6-13(11)14(18)16-15/h3-6,12H,2,7-10,15H2,1H3,(H,16,18). The lowest BCUT2D eigenvalue weighted by molar-refractivity contribution is -0.0128. The van der Waals surface area contributed by atoms with Crippen LogP contribution in [0.2, 0.25) is 0 Å². The molecule has 1 amide bonds. The highest BCUT2D eigenvalue weighted by atomic mass is 16.5. The molecule has 1 aliphatic heterocycles. The van der Waals surface area contributed by atoms with Gasteiger partial charge < -0.3 is 4.74 Å². The molecule has 0 spiro atoms. The number of hydrogen-bond acceptors (Lipinski definition) is 4. The summed E-state index contributed by atoms with van der Waals surface area (Å²) >= 11 is 0. The molecule has 3 N–H and O–H groups in total. The topological polar surface area (TPSA) is 67.6 Å². The molecule has 0 aliphatic carbocycles. The number of nitrogens with one attached hydrogen (secondary N) is 1. The van der Waals surface area contributed by atoms with Gasteiger partial charge in [0.15, 0.2) is 0 Å². The number of carbonyl (C=O) groups is 1. The Balaban J connectivity index is 2.15. The Morgan fingerprint density at radius 3 is 3.05 bits per heavy atom. The van der Waals surface area contributed by atoms with Crippen LogP contribution in [0.5, 0.6) is 0 Å². The highest BCUT2D eigenvalue weighted by Gasteiger charge is 2.22. The predicted molar refractivity (Wildman–Crippen MR) is 73.4 cm³/mol. The second kappa shape index (κ2) is 6.65. The maximum absolute atomic E-state index is 11.7. The third-order valence-electron chi connectivity index (χ3n) is 3.59. The van der Waals surface area contributed by atoms with Gasteiger partial charge in [0.05, 0.1) is 13.2 Å². The summed E-state index contributed by atoms with van der Waals surface area (Å²) < 4.78 is 5.50. The van der Waals surface area contributed by atoms with E-state index in [2.05, 4.69) is 17.2 Å². The number of amides is 1. The number of hydrogen-bond donors (Lipinski definition) is 2. The van der Waals surface area contributed by atoms with Gasteiger partial charge in [0, 0.05) is 24.7 Å². The fourth-order valence-corrected chi connectivity index (χ4v) is 2.45. The van der Waals surface area contributed by atoms with Crippen LogP contribution < -0.4 is 11.3 Å². The van der Waals surface area contributed by atoms with Gasteiger partial charge in [-0.3, -0.25) is 15.1 Å². The van der Waals surface area contributed by atoms with Gasteiger partial charge >= 0.3 is 0 Å². The quantitative estimate of drug-likeness (QED) is 0.481. The van der Waals surface area contributed by atoms with E-state index in [0.717, 1.165) is 38.3 Å². The van der Waals surface area contributed by atoms with Crippen molar-refractivity contribution in [2.45, 2.75) is 25.9 Å². The summed E-state index contributed by atoms with van der Waals surface area (Å²) in [6.07, 6.45) is 1.05. The zero-order valence-electron chi connectivity index (χ0n) is 11.3. The van der Waals surface area contributed by atoms with Gasteiger partial charge in [-0.25, -0.2) is 5.84 Å². The molecule has 1 heterocycles. The molecule has 104 valence electrons. The van der Waals surface area contributed by atoms with Crippen molar-refractivity contribution in [2.75, 3.05) is 19.8 Å². The van der Waals surface area contributed by atoms with Gasteiger partial charge in [0.2, 0.25) is 0 Å². The fourth-order valence-electron chi connectivity index (χ4n) is 2.45. The monoisotopic (exact) mass is 263 g/mol. The van der Waals surface area contributed by atoms with Gasteiger partial charge in [-0.05, 0) is 18.1 Å². The summed E-state index contributed by atoms with van der Waals surface area (Å²) in [5.41, 5.74) is 3.85. The summed E-state index contributed by atoms with van der Waals surface area (Å²) in [4.78, 5) is 14.1. The second-order valence-electron chi connectivity index (χ2n) is 4.74. The van der Waals surface area contributed by atoms with E-state index in [1.165, 1.54) is 0 Å². The molecule has 0 bridgehead atoms. The van der Waals surface area contributed by atoms with Crippen molar-refractivity contribution >= 4 is 5.91 Å². The molecule has 1 aromatic carbocycles. The summed E-state index contributed by atoms with van der Waals surface area (Å²) in [6.45, 7) is 5.33. The normalized spacial score (nSPS) is 20.2. The van der Waals surface area contributed by atoms with Crippen molar-refractivity contribution in [1.82, 2.24) is 10.3 Å². The van der Waals surface area contributed by atoms with E-state index in [1.54, 1.807) is 6.07 Å². The molecule has 1 saturated heterocycles. The van der Waals surface area contributed by atoms with E-state index in [1.807, 2.05) is 18.2 Å². The van der Waals surface area contributed by atoms with E-state index < -0.39 is 0 Å². The SMILES string of the molecule is CCC1COCCN1Cc1ccccc1C(=O)NN.